The van der Waals surface area contributed by atoms with Crippen molar-refractivity contribution in [3.63, 3.8) is 0 Å². The third-order valence-corrected chi connectivity index (χ3v) is 5.41. The van der Waals surface area contributed by atoms with E-state index in [9.17, 15) is 13.2 Å². The van der Waals surface area contributed by atoms with Crippen molar-refractivity contribution in [2.75, 3.05) is 24.7 Å². The highest BCUT2D eigenvalue weighted by Gasteiger charge is 2.14. The molecule has 152 valence electrons. The number of amides is 1. The molecular weight excluding hydrogens is 396 g/mol. The van der Waals surface area contributed by atoms with E-state index in [1.807, 2.05) is 0 Å². The Balaban J connectivity index is 1.61. The van der Waals surface area contributed by atoms with E-state index in [4.69, 9.17) is 9.26 Å². The third-order valence-electron chi connectivity index (χ3n) is 4.21. The van der Waals surface area contributed by atoms with Gasteiger partial charge in [-0.25, -0.2) is 8.42 Å². The highest BCUT2D eigenvalue weighted by Crippen LogP contribution is 2.20. The lowest BCUT2D eigenvalue weighted by molar-refractivity contribution is 0.0946. The second-order valence-electron chi connectivity index (χ2n) is 6.20. The van der Waals surface area contributed by atoms with Crippen LogP contribution in [0.1, 0.15) is 16.2 Å². The normalized spacial score (nSPS) is 11.1. The van der Waals surface area contributed by atoms with Crippen molar-refractivity contribution >= 4 is 21.6 Å². The number of methoxy groups -OCH3 is 1. The van der Waals surface area contributed by atoms with Gasteiger partial charge >= 0.3 is 0 Å². The molecule has 1 amide bonds. The first-order chi connectivity index (χ1) is 13.8. The fraction of sp³-hybridized carbons (Fsp3) is 0.211. The van der Waals surface area contributed by atoms with Crippen LogP contribution in [0.4, 0.5) is 5.69 Å². The van der Waals surface area contributed by atoms with Crippen LogP contribution in [0.25, 0.3) is 11.4 Å². The van der Waals surface area contributed by atoms with Gasteiger partial charge in [0, 0.05) is 18.2 Å². The van der Waals surface area contributed by atoms with Gasteiger partial charge in [-0.15, -0.1) is 0 Å². The number of aromatic nitrogens is 2. The Morgan fingerprint density at radius 2 is 1.79 bits per heavy atom. The number of nitrogens with one attached hydrogen (secondary N) is 1. The van der Waals surface area contributed by atoms with E-state index >= 15 is 0 Å². The van der Waals surface area contributed by atoms with E-state index in [1.165, 1.54) is 7.05 Å². The molecule has 3 rings (SSSR count). The molecule has 0 saturated carbocycles. The van der Waals surface area contributed by atoms with Crippen LogP contribution in [-0.2, 0) is 16.6 Å². The summed E-state index contributed by atoms with van der Waals surface area (Å²) in [5.74, 6) is 1.05. The Morgan fingerprint density at radius 1 is 1.14 bits per heavy atom. The lowest BCUT2D eigenvalue weighted by Crippen LogP contribution is -2.25. The smallest absolute Gasteiger partial charge is 0.251 e. The largest absolute Gasteiger partial charge is 0.497 e. The molecule has 0 spiro atoms. The summed E-state index contributed by atoms with van der Waals surface area (Å²) >= 11 is 0. The first-order valence-electron chi connectivity index (χ1n) is 8.57. The zero-order valence-corrected chi connectivity index (χ0v) is 16.9. The van der Waals surface area contributed by atoms with E-state index in [0.29, 0.717) is 17.1 Å². The summed E-state index contributed by atoms with van der Waals surface area (Å²) in [5, 5.41) is 6.60. The van der Waals surface area contributed by atoms with E-state index < -0.39 is 10.0 Å². The number of sulfonamides is 1. The van der Waals surface area contributed by atoms with E-state index in [2.05, 4.69) is 15.5 Å². The summed E-state index contributed by atoms with van der Waals surface area (Å²) in [4.78, 5) is 16.6. The van der Waals surface area contributed by atoms with Crippen LogP contribution in [0, 0.1) is 0 Å². The monoisotopic (exact) mass is 416 g/mol. The fourth-order valence-electron chi connectivity index (χ4n) is 2.46. The molecule has 3 aromatic rings. The average Bonchev–Trinajstić information content (AvgIpc) is 3.20. The molecule has 0 atom stereocenters. The summed E-state index contributed by atoms with van der Waals surface area (Å²) in [6.07, 6.45) is 1.11. The topological polar surface area (TPSA) is 115 Å². The summed E-state index contributed by atoms with van der Waals surface area (Å²) in [6.45, 7) is 0.0625. The van der Waals surface area contributed by atoms with E-state index in [-0.39, 0.29) is 18.3 Å². The number of benzene rings is 2. The summed E-state index contributed by atoms with van der Waals surface area (Å²) in [7, 11) is -0.332. The van der Waals surface area contributed by atoms with Gasteiger partial charge in [0.25, 0.3) is 5.91 Å². The SMILES string of the molecule is COc1ccc(-c2noc(CNC(=O)c3ccc(N(C)S(C)(=O)=O)cc3)n2)cc1. The zero-order chi connectivity index (χ0) is 21.0. The van der Waals surface area contributed by atoms with Gasteiger partial charge in [-0.1, -0.05) is 5.16 Å². The van der Waals surface area contributed by atoms with Crippen LogP contribution in [-0.4, -0.2) is 44.9 Å². The number of rotatable bonds is 7. The molecular formula is C19H20N4O5S. The number of ether oxygens (including phenoxy) is 1. The molecule has 10 heteroatoms. The van der Waals surface area contributed by atoms with Crippen molar-refractivity contribution in [1.82, 2.24) is 15.5 Å². The maximum atomic E-state index is 12.3. The Hall–Kier alpha value is -3.40. The van der Waals surface area contributed by atoms with Crippen LogP contribution >= 0.6 is 0 Å². The Morgan fingerprint density at radius 3 is 2.38 bits per heavy atom. The van der Waals surface area contributed by atoms with Crippen molar-refractivity contribution in [2.45, 2.75) is 6.54 Å². The van der Waals surface area contributed by atoms with E-state index in [0.717, 1.165) is 21.9 Å². The minimum atomic E-state index is -3.36. The van der Waals surface area contributed by atoms with Crippen LogP contribution < -0.4 is 14.4 Å². The van der Waals surface area contributed by atoms with Gasteiger partial charge in [0.05, 0.1) is 25.6 Å². The molecule has 0 fully saturated rings. The number of carbonyl (C=O) groups is 1. The predicted molar refractivity (Wildman–Crippen MR) is 107 cm³/mol. The standard InChI is InChI=1S/C19H20N4O5S/c1-23(29(3,25)26)15-8-4-14(5-9-15)19(24)20-12-17-21-18(22-28-17)13-6-10-16(27-2)11-7-13/h4-11H,12H2,1-3H3,(H,20,24). The van der Waals surface area contributed by atoms with Gasteiger partial charge in [-0.3, -0.25) is 9.10 Å². The van der Waals surface area contributed by atoms with Crippen molar-refractivity contribution < 1.29 is 22.5 Å². The Kier molecular flexibility index (Phi) is 5.83. The van der Waals surface area contributed by atoms with Crippen LogP contribution in [0.3, 0.4) is 0 Å². The number of nitrogens with zero attached hydrogens (tertiary/aromatic N) is 3. The molecule has 0 aliphatic heterocycles. The van der Waals surface area contributed by atoms with E-state index in [1.54, 1.807) is 55.6 Å². The van der Waals surface area contributed by atoms with Crippen LogP contribution in [0.15, 0.2) is 53.1 Å². The molecule has 0 saturated heterocycles. The molecule has 1 aromatic heterocycles. The molecule has 2 aromatic carbocycles. The summed E-state index contributed by atoms with van der Waals surface area (Å²) in [6, 6.07) is 13.4. The zero-order valence-electron chi connectivity index (χ0n) is 16.1. The molecule has 29 heavy (non-hydrogen) atoms. The van der Waals surface area contributed by atoms with Crippen molar-refractivity contribution in [1.29, 1.82) is 0 Å². The number of hydrogen-bond acceptors (Lipinski definition) is 7. The second-order valence-corrected chi connectivity index (χ2v) is 8.21. The van der Waals surface area contributed by atoms with Crippen molar-refractivity contribution in [3.8, 4) is 17.1 Å². The lowest BCUT2D eigenvalue weighted by atomic mass is 10.2. The molecule has 1 heterocycles. The Labute approximate surface area is 168 Å². The summed E-state index contributed by atoms with van der Waals surface area (Å²) < 4.78 is 34.5. The first-order valence-corrected chi connectivity index (χ1v) is 10.4. The molecule has 1 N–H and O–H groups in total. The third kappa shape index (κ3) is 4.91. The average molecular weight is 416 g/mol. The predicted octanol–water partition coefficient (Wildman–Crippen LogP) is 2.07. The highest BCUT2D eigenvalue weighted by molar-refractivity contribution is 7.92. The number of anilines is 1. The van der Waals surface area contributed by atoms with Gasteiger partial charge in [-0.05, 0) is 48.5 Å². The van der Waals surface area contributed by atoms with Gasteiger partial charge in [0.1, 0.15) is 5.75 Å². The number of hydrogen-bond donors (Lipinski definition) is 1. The van der Waals surface area contributed by atoms with Crippen molar-refractivity contribution in [3.05, 3.63) is 60.0 Å². The molecule has 0 radical (unpaired) electrons. The van der Waals surface area contributed by atoms with Gasteiger partial charge < -0.3 is 14.6 Å². The van der Waals surface area contributed by atoms with Gasteiger partial charge in [0.2, 0.25) is 21.7 Å². The fourth-order valence-corrected chi connectivity index (χ4v) is 2.96. The second kappa shape index (κ2) is 8.31. The molecule has 0 unspecified atom stereocenters. The maximum absolute atomic E-state index is 12.3. The summed E-state index contributed by atoms with van der Waals surface area (Å²) in [5.41, 5.74) is 1.60. The maximum Gasteiger partial charge on any atom is 0.251 e. The molecule has 9 nitrogen and oxygen atoms in total. The van der Waals surface area contributed by atoms with Gasteiger partial charge in [-0.2, -0.15) is 4.98 Å². The first kappa shape index (κ1) is 20.3. The van der Waals surface area contributed by atoms with Crippen molar-refractivity contribution in [2.24, 2.45) is 0 Å². The van der Waals surface area contributed by atoms with Crippen LogP contribution in [0.5, 0.6) is 5.75 Å². The lowest BCUT2D eigenvalue weighted by Gasteiger charge is -2.16. The minimum Gasteiger partial charge on any atom is -0.497 e. The molecule has 0 aliphatic carbocycles. The Bertz CT molecular complexity index is 1090. The highest BCUT2D eigenvalue weighted by atomic mass is 32.2. The van der Waals surface area contributed by atoms with Crippen LogP contribution in [0.2, 0.25) is 0 Å². The molecule has 0 bridgehead atoms. The minimum absolute atomic E-state index is 0.0625. The molecule has 0 aliphatic rings. The quantitative estimate of drug-likeness (QED) is 0.627. The van der Waals surface area contributed by atoms with Gasteiger partial charge in [0.15, 0.2) is 0 Å². The number of carbonyl (C=O) groups excluding carboxylic acids is 1.